The lowest BCUT2D eigenvalue weighted by atomic mass is 10.0. The smallest absolute Gasteiger partial charge is 0.326 e. The van der Waals surface area contributed by atoms with Crippen LogP contribution in [0.4, 0.5) is 0 Å². The van der Waals surface area contributed by atoms with Gasteiger partial charge in [-0.3, -0.25) is 82.1 Å². The Labute approximate surface area is 693 Å². The van der Waals surface area contributed by atoms with Crippen molar-refractivity contribution in [2.24, 2.45) is 61.2 Å². The number of H-pyrrole nitrogens is 1. The Bertz CT molecular complexity index is 3900. The average Bonchev–Trinajstić information content (AvgIpc) is 1.74. The van der Waals surface area contributed by atoms with Crippen molar-refractivity contribution in [3.8, 4) is 0 Å². The fraction of sp³-hybridized carbons (Fsp3) is 0.640. The van der Waals surface area contributed by atoms with Crippen molar-refractivity contribution in [3.63, 3.8) is 0 Å². The minimum Gasteiger partial charge on any atom is -0.480 e. The molecule has 0 radical (unpaired) electrons. The zero-order valence-corrected chi connectivity index (χ0v) is 68.7. The monoisotopic (exact) mass is 1690 g/mol. The molecule has 43 nitrogen and oxygen atoms in total. The van der Waals surface area contributed by atoms with Crippen LogP contribution in [0.15, 0.2) is 57.8 Å². The molecule has 27 N–H and O–H groups in total. The van der Waals surface area contributed by atoms with Crippen molar-refractivity contribution in [3.05, 3.63) is 54.1 Å². The summed E-state index contributed by atoms with van der Waals surface area (Å²) in [5, 5.41) is 60.2. The van der Waals surface area contributed by atoms with Crippen molar-refractivity contribution in [2.45, 2.75) is 228 Å². The first kappa shape index (κ1) is 96.4. The maximum atomic E-state index is 14.8. The molecule has 0 aliphatic carbocycles. The third-order valence-electron chi connectivity index (χ3n) is 20.5. The topological polar surface area (TPSA) is 681 Å². The largest absolute Gasteiger partial charge is 0.480 e. The second-order valence-corrected chi connectivity index (χ2v) is 31.4. The van der Waals surface area contributed by atoms with Crippen molar-refractivity contribution < 1.29 is 87.2 Å². The van der Waals surface area contributed by atoms with E-state index in [9.17, 15) is 87.2 Å². The Kier molecular flexibility index (Phi) is 39.2. The van der Waals surface area contributed by atoms with Gasteiger partial charge in [-0.15, -0.1) is 0 Å². The van der Waals surface area contributed by atoms with E-state index in [0.29, 0.717) is 24.1 Å². The third-order valence-corrected chi connectivity index (χ3v) is 21.1. The number of aliphatic imine (C=N–C) groups is 3. The summed E-state index contributed by atoms with van der Waals surface area (Å²) in [5.41, 5.74) is 34.2. The van der Waals surface area contributed by atoms with E-state index in [1.54, 1.807) is 64.3 Å². The molecule has 1 aromatic carbocycles. The number of nitrogens with two attached hydrogens (primary N) is 6. The van der Waals surface area contributed by atoms with E-state index in [0.717, 1.165) is 0 Å². The first-order valence-corrected chi connectivity index (χ1v) is 41.4. The number of amides is 14. The van der Waals surface area contributed by atoms with Gasteiger partial charge in [-0.2, -0.15) is 11.8 Å². The number of carbonyl (C=O) groups is 15. The van der Waals surface area contributed by atoms with E-state index < -0.39 is 186 Å². The maximum Gasteiger partial charge on any atom is 0.326 e. The number of aliphatic carboxylic acids is 1. The quantitative estimate of drug-likeness (QED) is 0.0166. The van der Waals surface area contributed by atoms with Crippen LogP contribution in [0.5, 0.6) is 0 Å². The number of carbonyl (C=O) groups excluding carboxylic acids is 14. The molecule has 5 heterocycles. The van der Waals surface area contributed by atoms with Crippen LogP contribution < -0.4 is 92.9 Å². The zero-order valence-electron chi connectivity index (χ0n) is 67.8. The number of nitrogens with one attached hydrogen (secondary N) is 12. The Morgan fingerprint density at radius 1 is 0.504 bits per heavy atom. The standard InChI is InChI=1S/C75H119N25O18S/c1-40(2)33-49(93-67(112)54-20-12-29-98(54)69(114)48(25-32-119-5)91-66(111)53(38-102)95-60(105)45(18-10-27-84-74(78)79)88-59(104)44(17-9-26-83-73(76)77)89-61(106)47-23-24-57(103)87-47)63(108)92-50(35-43-36-82-39-86-43)64(109)96-52(37-101)65(110)90-46(19-11-28-85-75(80)81)62(107)97-58(41(3)4)71(116)99-30-13-21-55(99)68(113)94-51(34-42-15-7-6-8-16-42)70(115)100-31-14-22-56(100)72(117)118/h6-8,15-16,36,39-41,44-56,58,101-102H,9-14,17-35,37-38H2,1-5H3,(H,82,86)(H,87,103)(H,88,104)(H,89,106)(H,90,110)(H,91,111)(H,92,108)(H,93,112)(H,94,113)(H,95,105)(H,96,109)(H,97,107)(H,117,118)(H4,76,77,83)(H4,78,79,84)(H4,80,81,85)/t44-,45+,46+,47?,48+,49+,50+,51+,52+,53+,54+,55+,56+,58+/m0/s1. The van der Waals surface area contributed by atoms with E-state index in [2.05, 4.69) is 83.4 Å². The number of imidazole rings is 1. The molecule has 119 heavy (non-hydrogen) atoms. The van der Waals surface area contributed by atoms with Crippen LogP contribution in [0.2, 0.25) is 0 Å². The number of thioether (sulfide) groups is 1. The summed E-state index contributed by atoms with van der Waals surface area (Å²) in [6.07, 6.45) is 5.87. The van der Waals surface area contributed by atoms with Gasteiger partial charge >= 0.3 is 5.97 Å². The fourth-order valence-electron chi connectivity index (χ4n) is 14.3. The molecule has 1 aromatic heterocycles. The SMILES string of the molecule is CSCC[C@@H](NC(=O)[C@@H](CO)NC(=O)[C@@H](CCCN=C(N)N)NC(=O)[C@H](CCCN=C(N)N)NC(=O)C1CCC(=O)N1)C(=O)N1CCC[C@@H]1C(=O)N[C@H](CC(C)C)C(=O)N[C@H](Cc1cnc[nH]1)C(=O)N[C@H](CO)C(=O)N[C@H](CCCN=C(N)N)C(=O)N[C@@H](C(=O)N1CCC[C@@H]1C(=O)N[C@H](Cc1ccccc1)C(=O)N1CCC[C@@H]1C(=O)O)C(C)C. The number of likely N-dealkylation sites (tertiary alicyclic amines) is 3. The van der Waals surface area contributed by atoms with Gasteiger partial charge in [0.1, 0.15) is 84.6 Å². The lowest BCUT2D eigenvalue weighted by Crippen LogP contribution is -2.62. The number of hydrogen-bond acceptors (Lipinski definition) is 22. The van der Waals surface area contributed by atoms with Crippen LogP contribution in [0.25, 0.3) is 0 Å². The number of aliphatic hydroxyl groups excluding tert-OH is 2. The summed E-state index contributed by atoms with van der Waals surface area (Å²) in [5.74, 6) is -13.9. The molecular formula is C75H119N25O18S. The highest BCUT2D eigenvalue weighted by molar-refractivity contribution is 7.98. The molecule has 44 heteroatoms. The Morgan fingerprint density at radius 3 is 1.38 bits per heavy atom. The van der Waals surface area contributed by atoms with E-state index in [-0.39, 0.29) is 177 Å². The predicted octanol–water partition coefficient (Wildman–Crippen LogP) is -7.02. The van der Waals surface area contributed by atoms with Gasteiger partial charge < -0.3 is 128 Å². The van der Waals surface area contributed by atoms with Crippen LogP contribution in [-0.4, -0.2) is 296 Å². The molecule has 14 amide bonds. The number of aliphatic hydroxyl groups is 2. The number of carboxylic acid groups (broad SMARTS) is 1. The van der Waals surface area contributed by atoms with Gasteiger partial charge in [0.05, 0.1) is 19.5 Å². The number of benzene rings is 1. The summed E-state index contributed by atoms with van der Waals surface area (Å²) in [6, 6.07) is -10.3. The van der Waals surface area contributed by atoms with Gasteiger partial charge in [0.25, 0.3) is 0 Å². The molecule has 6 rings (SSSR count). The van der Waals surface area contributed by atoms with Crippen LogP contribution in [-0.2, 0) is 84.8 Å². The minimum absolute atomic E-state index is 0.00749. The number of aromatic amines is 1. The zero-order chi connectivity index (χ0) is 87.6. The highest BCUT2D eigenvalue weighted by atomic mass is 32.2. The highest BCUT2D eigenvalue weighted by Gasteiger charge is 2.45. The highest BCUT2D eigenvalue weighted by Crippen LogP contribution is 2.26. The Hall–Kier alpha value is -11.4. The van der Waals surface area contributed by atoms with Crippen molar-refractivity contribution in [1.29, 1.82) is 0 Å². The minimum atomic E-state index is -1.82. The first-order valence-electron chi connectivity index (χ1n) is 40.0. The molecule has 4 aliphatic rings. The number of rotatable bonds is 48. The molecule has 4 fully saturated rings. The van der Waals surface area contributed by atoms with Crippen molar-refractivity contribution in [1.82, 2.24) is 83.2 Å². The third kappa shape index (κ3) is 30.5. The summed E-state index contributed by atoms with van der Waals surface area (Å²) in [6.45, 7) is 4.99. The van der Waals surface area contributed by atoms with Gasteiger partial charge in [0.2, 0.25) is 82.7 Å². The summed E-state index contributed by atoms with van der Waals surface area (Å²) in [7, 11) is 0. The second-order valence-electron chi connectivity index (χ2n) is 30.4. The molecule has 14 atom stereocenters. The van der Waals surface area contributed by atoms with Gasteiger partial charge in [-0.25, -0.2) is 9.78 Å². The maximum absolute atomic E-state index is 14.8. The molecular weight excluding hydrogens is 1570 g/mol. The normalized spacial score (nSPS) is 18.8. The summed E-state index contributed by atoms with van der Waals surface area (Å²) < 4.78 is 0. The van der Waals surface area contributed by atoms with Crippen LogP contribution in [0.3, 0.4) is 0 Å². The molecule has 0 bridgehead atoms. The summed E-state index contributed by atoms with van der Waals surface area (Å²) in [4.78, 5) is 234. The number of hydrogen-bond donors (Lipinski definition) is 21. The predicted molar refractivity (Wildman–Crippen MR) is 436 cm³/mol. The molecule has 4 aliphatic heterocycles. The number of aromatic nitrogens is 2. The molecule has 2 aromatic rings. The fourth-order valence-corrected chi connectivity index (χ4v) is 14.7. The van der Waals surface area contributed by atoms with Crippen LogP contribution in [0.1, 0.15) is 142 Å². The lowest BCUT2D eigenvalue weighted by molar-refractivity contribution is -0.150. The van der Waals surface area contributed by atoms with E-state index in [4.69, 9.17) is 34.4 Å². The average molecular weight is 1690 g/mol. The number of carboxylic acids is 1. The van der Waals surface area contributed by atoms with Gasteiger partial charge in [-0.05, 0) is 126 Å². The van der Waals surface area contributed by atoms with E-state index in [1.807, 2.05) is 0 Å². The first-order chi connectivity index (χ1) is 56.6. The van der Waals surface area contributed by atoms with Crippen molar-refractivity contribution in [2.75, 3.05) is 64.5 Å². The molecule has 658 valence electrons. The van der Waals surface area contributed by atoms with Crippen LogP contribution in [0, 0.1) is 11.8 Å². The molecule has 0 spiro atoms. The second kappa shape index (κ2) is 48.4. The van der Waals surface area contributed by atoms with E-state index in [1.165, 1.54) is 39.0 Å². The Balaban J connectivity index is 1.15. The van der Waals surface area contributed by atoms with Gasteiger partial charge in [-0.1, -0.05) is 58.0 Å². The Morgan fingerprint density at radius 2 is 0.924 bits per heavy atom. The molecule has 4 saturated heterocycles. The van der Waals surface area contributed by atoms with Gasteiger partial charge in [0, 0.05) is 70.4 Å². The number of guanidine groups is 3. The molecule has 1 unspecified atom stereocenters. The van der Waals surface area contributed by atoms with Gasteiger partial charge in [0.15, 0.2) is 17.9 Å². The van der Waals surface area contributed by atoms with E-state index >= 15 is 0 Å². The van der Waals surface area contributed by atoms with Crippen LogP contribution >= 0.6 is 11.8 Å². The van der Waals surface area contributed by atoms with Crippen molar-refractivity contribution >= 4 is 118 Å². The number of nitrogens with zero attached hydrogens (tertiary/aromatic N) is 7. The lowest BCUT2D eigenvalue weighted by Gasteiger charge is -2.33. The molecule has 0 saturated carbocycles. The summed E-state index contributed by atoms with van der Waals surface area (Å²) >= 11 is 1.32.